The molecule has 1 aromatic carbocycles. The van der Waals surface area contributed by atoms with E-state index in [1.807, 2.05) is 30.5 Å². The first-order valence-electron chi connectivity index (χ1n) is 4.51. The van der Waals surface area contributed by atoms with Crippen molar-refractivity contribution in [2.75, 3.05) is 0 Å². The summed E-state index contributed by atoms with van der Waals surface area (Å²) in [7, 11) is 0. The van der Waals surface area contributed by atoms with Crippen molar-refractivity contribution >= 4 is 16.7 Å². The average Bonchev–Trinajstić information content (AvgIpc) is 2.62. The highest BCUT2D eigenvalue weighted by Gasteiger charge is 2.05. The molecule has 14 heavy (non-hydrogen) atoms. The van der Waals surface area contributed by atoms with Crippen LogP contribution in [-0.2, 0) is 11.2 Å². The molecule has 0 bridgehead atoms. The van der Waals surface area contributed by atoms with Crippen LogP contribution < -0.4 is 0 Å². The fraction of sp³-hybridized carbons (Fsp3) is 0.0833. The van der Waals surface area contributed by atoms with Crippen LogP contribution in [0.5, 0.6) is 0 Å². The predicted octanol–water partition coefficient (Wildman–Crippen LogP) is 2.47. The SMILES string of the molecule is C=CC(=O)Cc1c[nH]c2ccccc12. The number of aromatic nitrogens is 1. The molecule has 1 heterocycles. The molecule has 2 nitrogen and oxygen atoms in total. The summed E-state index contributed by atoms with van der Waals surface area (Å²) in [4.78, 5) is 14.3. The van der Waals surface area contributed by atoms with Crippen LogP contribution in [0, 0.1) is 0 Å². The fourth-order valence-electron chi connectivity index (χ4n) is 1.54. The Morgan fingerprint density at radius 2 is 2.21 bits per heavy atom. The lowest BCUT2D eigenvalue weighted by Gasteiger charge is -1.94. The Bertz CT molecular complexity index is 482. The van der Waals surface area contributed by atoms with Crippen LogP contribution in [0.25, 0.3) is 10.9 Å². The Kier molecular flexibility index (Phi) is 2.19. The van der Waals surface area contributed by atoms with Gasteiger partial charge in [-0.15, -0.1) is 0 Å². The van der Waals surface area contributed by atoms with Gasteiger partial charge in [-0.2, -0.15) is 0 Å². The smallest absolute Gasteiger partial charge is 0.159 e. The van der Waals surface area contributed by atoms with E-state index in [2.05, 4.69) is 11.6 Å². The van der Waals surface area contributed by atoms with E-state index in [1.54, 1.807) is 0 Å². The molecule has 1 N–H and O–H groups in total. The first-order valence-corrected chi connectivity index (χ1v) is 4.51. The van der Waals surface area contributed by atoms with E-state index in [0.717, 1.165) is 16.5 Å². The molecular formula is C12H11NO. The van der Waals surface area contributed by atoms with E-state index in [1.165, 1.54) is 6.08 Å². The van der Waals surface area contributed by atoms with Crippen molar-refractivity contribution in [2.45, 2.75) is 6.42 Å². The standard InChI is InChI=1S/C12H11NO/c1-2-10(14)7-9-8-13-12-6-4-3-5-11(9)12/h2-6,8,13H,1,7H2. The maximum atomic E-state index is 11.2. The van der Waals surface area contributed by atoms with E-state index < -0.39 is 0 Å². The topological polar surface area (TPSA) is 32.9 Å². The summed E-state index contributed by atoms with van der Waals surface area (Å²) in [5.41, 5.74) is 2.10. The van der Waals surface area contributed by atoms with Crippen LogP contribution in [0.4, 0.5) is 0 Å². The lowest BCUT2D eigenvalue weighted by Crippen LogP contribution is -1.96. The van der Waals surface area contributed by atoms with Gasteiger partial charge in [0.1, 0.15) is 0 Å². The molecule has 0 aliphatic rings. The van der Waals surface area contributed by atoms with Gasteiger partial charge in [-0.3, -0.25) is 4.79 Å². The van der Waals surface area contributed by atoms with E-state index >= 15 is 0 Å². The largest absolute Gasteiger partial charge is 0.361 e. The third-order valence-electron chi connectivity index (χ3n) is 2.27. The quantitative estimate of drug-likeness (QED) is 0.732. The highest BCUT2D eigenvalue weighted by atomic mass is 16.1. The van der Waals surface area contributed by atoms with E-state index in [4.69, 9.17) is 0 Å². The number of carbonyl (C=O) groups excluding carboxylic acids is 1. The zero-order chi connectivity index (χ0) is 9.97. The molecule has 0 atom stereocenters. The van der Waals surface area contributed by atoms with E-state index in [0.29, 0.717) is 6.42 Å². The molecule has 2 aromatic rings. The Balaban J connectivity index is 2.43. The Labute approximate surface area is 82.3 Å². The number of ketones is 1. The van der Waals surface area contributed by atoms with E-state index in [9.17, 15) is 4.79 Å². The number of allylic oxidation sites excluding steroid dienone is 1. The minimum atomic E-state index is 0.0507. The second-order valence-electron chi connectivity index (χ2n) is 3.21. The number of benzene rings is 1. The monoisotopic (exact) mass is 185 g/mol. The third kappa shape index (κ3) is 1.46. The number of aromatic amines is 1. The summed E-state index contributed by atoms with van der Waals surface area (Å²) < 4.78 is 0. The minimum Gasteiger partial charge on any atom is -0.361 e. The predicted molar refractivity (Wildman–Crippen MR) is 57.2 cm³/mol. The van der Waals surface area contributed by atoms with Crippen molar-refractivity contribution in [1.82, 2.24) is 4.98 Å². The molecule has 0 saturated carbocycles. The number of carbonyl (C=O) groups is 1. The van der Waals surface area contributed by atoms with Crippen molar-refractivity contribution in [3.8, 4) is 0 Å². The van der Waals surface area contributed by atoms with Gasteiger partial charge < -0.3 is 4.98 Å². The van der Waals surface area contributed by atoms with Crippen molar-refractivity contribution in [3.05, 3.63) is 48.7 Å². The second-order valence-corrected chi connectivity index (χ2v) is 3.21. The number of nitrogens with one attached hydrogen (secondary N) is 1. The number of H-pyrrole nitrogens is 1. The van der Waals surface area contributed by atoms with Crippen LogP contribution in [0.1, 0.15) is 5.56 Å². The van der Waals surface area contributed by atoms with Gasteiger partial charge in [0.05, 0.1) is 0 Å². The lowest BCUT2D eigenvalue weighted by atomic mass is 10.1. The molecule has 0 aliphatic heterocycles. The first kappa shape index (κ1) is 8.75. The summed E-state index contributed by atoms with van der Waals surface area (Å²) in [5, 5.41) is 1.11. The molecule has 2 rings (SSSR count). The van der Waals surface area contributed by atoms with E-state index in [-0.39, 0.29) is 5.78 Å². The summed E-state index contributed by atoms with van der Waals surface area (Å²) in [6.45, 7) is 3.46. The van der Waals surface area contributed by atoms with Crippen molar-refractivity contribution in [1.29, 1.82) is 0 Å². The maximum absolute atomic E-state index is 11.2. The molecule has 70 valence electrons. The zero-order valence-electron chi connectivity index (χ0n) is 7.79. The van der Waals surface area contributed by atoms with Crippen LogP contribution in [-0.4, -0.2) is 10.8 Å². The number of fused-ring (bicyclic) bond motifs is 1. The second kappa shape index (κ2) is 3.50. The van der Waals surface area contributed by atoms with Crippen molar-refractivity contribution in [3.63, 3.8) is 0 Å². The van der Waals surface area contributed by atoms with Gasteiger partial charge in [0.15, 0.2) is 5.78 Å². The molecule has 0 spiro atoms. The molecule has 1 aromatic heterocycles. The Hall–Kier alpha value is -1.83. The molecular weight excluding hydrogens is 174 g/mol. The number of hydrogen-bond donors (Lipinski definition) is 1. The van der Waals surface area contributed by atoms with Crippen LogP contribution in [0.3, 0.4) is 0 Å². The maximum Gasteiger partial charge on any atom is 0.159 e. The number of rotatable bonds is 3. The number of hydrogen-bond acceptors (Lipinski definition) is 1. The van der Waals surface area contributed by atoms with Gasteiger partial charge >= 0.3 is 0 Å². The van der Waals surface area contributed by atoms with Gasteiger partial charge in [0.25, 0.3) is 0 Å². The molecule has 0 saturated heterocycles. The molecule has 2 heteroatoms. The Morgan fingerprint density at radius 3 is 3.00 bits per heavy atom. The average molecular weight is 185 g/mol. The van der Waals surface area contributed by atoms with Gasteiger partial charge in [0.2, 0.25) is 0 Å². The molecule has 0 amide bonds. The molecule has 0 unspecified atom stereocenters. The van der Waals surface area contributed by atoms with Gasteiger partial charge in [-0.25, -0.2) is 0 Å². The van der Waals surface area contributed by atoms with Crippen molar-refractivity contribution in [2.24, 2.45) is 0 Å². The first-order chi connectivity index (χ1) is 6.81. The highest BCUT2D eigenvalue weighted by Crippen LogP contribution is 2.18. The fourth-order valence-corrected chi connectivity index (χ4v) is 1.54. The van der Waals surface area contributed by atoms with Gasteiger partial charge in [0, 0.05) is 23.5 Å². The minimum absolute atomic E-state index is 0.0507. The van der Waals surface area contributed by atoms with Crippen LogP contribution in [0.2, 0.25) is 0 Å². The van der Waals surface area contributed by atoms with Crippen LogP contribution >= 0.6 is 0 Å². The van der Waals surface area contributed by atoms with Crippen LogP contribution in [0.15, 0.2) is 43.1 Å². The normalized spacial score (nSPS) is 10.3. The third-order valence-corrected chi connectivity index (χ3v) is 2.27. The summed E-state index contributed by atoms with van der Waals surface area (Å²) in [6.07, 6.45) is 3.67. The van der Waals surface area contributed by atoms with Crippen molar-refractivity contribution < 1.29 is 4.79 Å². The summed E-state index contributed by atoms with van der Waals surface area (Å²) in [5.74, 6) is 0.0507. The molecule has 0 fully saturated rings. The summed E-state index contributed by atoms with van der Waals surface area (Å²) in [6, 6.07) is 7.95. The molecule has 0 aliphatic carbocycles. The van der Waals surface area contributed by atoms with Gasteiger partial charge in [-0.05, 0) is 17.7 Å². The zero-order valence-corrected chi connectivity index (χ0v) is 7.79. The van der Waals surface area contributed by atoms with Gasteiger partial charge in [-0.1, -0.05) is 24.8 Å². The Morgan fingerprint density at radius 1 is 1.43 bits per heavy atom. The summed E-state index contributed by atoms with van der Waals surface area (Å²) >= 11 is 0. The number of para-hydroxylation sites is 1. The highest BCUT2D eigenvalue weighted by molar-refractivity contribution is 5.94. The molecule has 0 radical (unpaired) electrons. The lowest BCUT2D eigenvalue weighted by molar-refractivity contribution is -0.113.